The predicted octanol–water partition coefficient (Wildman–Crippen LogP) is 4.14. The summed E-state index contributed by atoms with van der Waals surface area (Å²) in [6.07, 6.45) is 4.98. The molecule has 1 aromatic carbocycles. The van der Waals surface area contributed by atoms with Crippen LogP contribution in [0.15, 0.2) is 24.3 Å². The molecule has 1 nitrogen and oxygen atoms in total. The minimum atomic E-state index is 0.297. The first-order chi connectivity index (χ1) is 8.03. The molecule has 1 unspecified atom stereocenters. The Morgan fingerprint density at radius 2 is 1.82 bits per heavy atom. The molecule has 1 aliphatic rings. The Labute approximate surface area is 109 Å². The van der Waals surface area contributed by atoms with Gasteiger partial charge in [0.1, 0.15) is 0 Å². The van der Waals surface area contributed by atoms with Gasteiger partial charge in [0.2, 0.25) is 0 Å². The quantitative estimate of drug-likeness (QED) is 0.855. The van der Waals surface area contributed by atoms with Gasteiger partial charge in [-0.05, 0) is 48.3 Å². The van der Waals surface area contributed by atoms with Gasteiger partial charge in [0, 0.05) is 11.1 Å². The molecule has 0 aliphatic heterocycles. The van der Waals surface area contributed by atoms with E-state index in [-0.39, 0.29) is 0 Å². The third-order valence-electron chi connectivity index (χ3n) is 4.25. The van der Waals surface area contributed by atoms with Crippen LogP contribution >= 0.6 is 11.6 Å². The molecular formula is C15H22ClN. The third-order valence-corrected chi connectivity index (χ3v) is 4.50. The van der Waals surface area contributed by atoms with E-state index in [1.165, 1.54) is 24.8 Å². The summed E-state index contributed by atoms with van der Waals surface area (Å²) in [6, 6.07) is 8.64. The Morgan fingerprint density at radius 1 is 1.24 bits per heavy atom. The van der Waals surface area contributed by atoms with E-state index in [1.807, 2.05) is 12.1 Å². The highest BCUT2D eigenvalue weighted by Gasteiger charge is 2.40. The van der Waals surface area contributed by atoms with Gasteiger partial charge in [-0.1, -0.05) is 44.0 Å². The second kappa shape index (κ2) is 4.99. The maximum absolute atomic E-state index is 6.25. The molecule has 0 heterocycles. The molecule has 0 spiro atoms. The fourth-order valence-electron chi connectivity index (χ4n) is 2.70. The van der Waals surface area contributed by atoms with Crippen LogP contribution in [0, 0.1) is 5.92 Å². The van der Waals surface area contributed by atoms with Crippen LogP contribution in [0.4, 0.5) is 0 Å². The van der Waals surface area contributed by atoms with Crippen LogP contribution in [0.3, 0.4) is 0 Å². The minimum Gasteiger partial charge on any atom is -0.327 e. The van der Waals surface area contributed by atoms with Crippen molar-refractivity contribution in [2.45, 2.75) is 51.0 Å². The first-order valence-electron chi connectivity index (χ1n) is 6.55. The van der Waals surface area contributed by atoms with Crippen molar-refractivity contribution < 1.29 is 0 Å². The zero-order chi connectivity index (χ0) is 12.5. The fourth-order valence-corrected chi connectivity index (χ4v) is 2.83. The topological polar surface area (TPSA) is 26.0 Å². The van der Waals surface area contributed by atoms with Crippen LogP contribution in [0.1, 0.15) is 45.1 Å². The molecule has 2 rings (SSSR count). The predicted molar refractivity (Wildman–Crippen MR) is 74.4 cm³/mol. The van der Waals surface area contributed by atoms with Crippen LogP contribution in [-0.2, 0) is 5.41 Å². The van der Waals surface area contributed by atoms with Crippen LogP contribution in [0.2, 0.25) is 5.02 Å². The molecule has 0 radical (unpaired) electrons. The molecule has 0 aromatic heterocycles. The largest absolute Gasteiger partial charge is 0.327 e. The van der Waals surface area contributed by atoms with E-state index < -0.39 is 0 Å². The standard InChI is InChI=1S/C15H22ClN/c1-11(2)14(17)10-15(8-3-9-15)12-4-6-13(16)7-5-12/h4-7,11,14H,3,8-10,17H2,1-2H3. The zero-order valence-electron chi connectivity index (χ0n) is 10.7. The lowest BCUT2D eigenvalue weighted by molar-refractivity contribution is 0.196. The molecule has 94 valence electrons. The highest BCUT2D eigenvalue weighted by atomic mass is 35.5. The normalized spacial score (nSPS) is 20.1. The van der Waals surface area contributed by atoms with Gasteiger partial charge >= 0.3 is 0 Å². The molecule has 1 aliphatic carbocycles. The summed E-state index contributed by atoms with van der Waals surface area (Å²) in [5.74, 6) is 0.555. The van der Waals surface area contributed by atoms with Crippen molar-refractivity contribution in [1.29, 1.82) is 0 Å². The van der Waals surface area contributed by atoms with E-state index >= 15 is 0 Å². The van der Waals surface area contributed by atoms with Crippen molar-refractivity contribution >= 4 is 11.6 Å². The molecule has 2 N–H and O–H groups in total. The number of halogens is 1. The summed E-state index contributed by atoms with van der Waals surface area (Å²) < 4.78 is 0. The molecule has 1 atom stereocenters. The van der Waals surface area contributed by atoms with Crippen molar-refractivity contribution in [3.8, 4) is 0 Å². The van der Waals surface area contributed by atoms with E-state index in [9.17, 15) is 0 Å². The number of benzene rings is 1. The van der Waals surface area contributed by atoms with Gasteiger partial charge in [-0.2, -0.15) is 0 Å². The number of nitrogens with two attached hydrogens (primary N) is 1. The van der Waals surface area contributed by atoms with E-state index in [0.717, 1.165) is 11.4 Å². The smallest absolute Gasteiger partial charge is 0.0406 e. The summed E-state index contributed by atoms with van der Waals surface area (Å²) in [5, 5.41) is 0.816. The van der Waals surface area contributed by atoms with Crippen molar-refractivity contribution in [3.05, 3.63) is 34.9 Å². The van der Waals surface area contributed by atoms with Crippen LogP contribution in [0.25, 0.3) is 0 Å². The average molecular weight is 252 g/mol. The maximum atomic E-state index is 6.25. The van der Waals surface area contributed by atoms with E-state index in [4.69, 9.17) is 17.3 Å². The number of rotatable bonds is 4. The van der Waals surface area contributed by atoms with Crippen molar-refractivity contribution in [2.24, 2.45) is 11.7 Å². The van der Waals surface area contributed by atoms with E-state index in [0.29, 0.717) is 17.4 Å². The molecule has 1 aromatic rings. The summed E-state index contributed by atoms with van der Waals surface area (Å²) in [7, 11) is 0. The monoisotopic (exact) mass is 251 g/mol. The Balaban J connectivity index is 2.17. The second-order valence-corrected chi connectivity index (χ2v) is 6.19. The van der Waals surface area contributed by atoms with Gasteiger partial charge in [0.05, 0.1) is 0 Å². The maximum Gasteiger partial charge on any atom is 0.0406 e. The molecule has 0 amide bonds. The Hall–Kier alpha value is -0.530. The Morgan fingerprint density at radius 3 is 2.24 bits per heavy atom. The van der Waals surface area contributed by atoms with Crippen LogP contribution in [-0.4, -0.2) is 6.04 Å². The van der Waals surface area contributed by atoms with Crippen LogP contribution in [0.5, 0.6) is 0 Å². The van der Waals surface area contributed by atoms with Crippen molar-refractivity contribution in [1.82, 2.24) is 0 Å². The van der Waals surface area contributed by atoms with Crippen molar-refractivity contribution in [3.63, 3.8) is 0 Å². The van der Waals surface area contributed by atoms with Gasteiger partial charge in [-0.15, -0.1) is 0 Å². The van der Waals surface area contributed by atoms with Gasteiger partial charge < -0.3 is 5.73 Å². The summed E-state index contributed by atoms with van der Waals surface area (Å²) in [6.45, 7) is 4.41. The first-order valence-corrected chi connectivity index (χ1v) is 6.93. The van der Waals surface area contributed by atoms with Gasteiger partial charge in [-0.25, -0.2) is 0 Å². The molecule has 2 heteroatoms. The van der Waals surface area contributed by atoms with Gasteiger partial charge in [0.15, 0.2) is 0 Å². The Bertz CT molecular complexity index is 365. The summed E-state index contributed by atoms with van der Waals surface area (Å²) in [5.41, 5.74) is 8.00. The lowest BCUT2D eigenvalue weighted by Gasteiger charge is -2.45. The second-order valence-electron chi connectivity index (χ2n) is 5.75. The lowest BCUT2D eigenvalue weighted by atomic mass is 9.61. The lowest BCUT2D eigenvalue weighted by Crippen LogP contribution is -2.42. The molecule has 0 saturated heterocycles. The molecule has 0 bridgehead atoms. The van der Waals surface area contributed by atoms with Gasteiger partial charge in [-0.3, -0.25) is 0 Å². The molecule has 1 fully saturated rings. The van der Waals surface area contributed by atoms with Crippen molar-refractivity contribution in [2.75, 3.05) is 0 Å². The molecule has 17 heavy (non-hydrogen) atoms. The minimum absolute atomic E-state index is 0.297. The number of hydrogen-bond donors (Lipinski definition) is 1. The van der Waals surface area contributed by atoms with E-state index in [1.54, 1.807) is 0 Å². The van der Waals surface area contributed by atoms with Crippen LogP contribution < -0.4 is 5.73 Å². The summed E-state index contributed by atoms with van der Waals surface area (Å²) >= 11 is 5.95. The molecular weight excluding hydrogens is 230 g/mol. The SMILES string of the molecule is CC(C)C(N)CC1(c2ccc(Cl)cc2)CCC1. The fraction of sp³-hybridized carbons (Fsp3) is 0.600. The highest BCUT2D eigenvalue weighted by Crippen LogP contribution is 2.47. The van der Waals surface area contributed by atoms with E-state index in [2.05, 4.69) is 26.0 Å². The first kappa shape index (κ1) is 12.9. The highest BCUT2D eigenvalue weighted by molar-refractivity contribution is 6.30. The average Bonchev–Trinajstić information content (AvgIpc) is 2.24. The Kier molecular flexibility index (Phi) is 3.79. The summed E-state index contributed by atoms with van der Waals surface area (Å²) in [4.78, 5) is 0. The zero-order valence-corrected chi connectivity index (χ0v) is 11.5. The third kappa shape index (κ3) is 2.66. The van der Waals surface area contributed by atoms with Gasteiger partial charge in [0.25, 0.3) is 0 Å². The molecule has 1 saturated carbocycles. The number of hydrogen-bond acceptors (Lipinski definition) is 1.